The Labute approximate surface area is 190 Å². The van der Waals surface area contributed by atoms with Crippen LogP contribution in [0.15, 0.2) is 78.9 Å². The summed E-state index contributed by atoms with van der Waals surface area (Å²) in [5.74, 6) is 1.05. The second-order valence-electron chi connectivity index (χ2n) is 8.42. The number of hydrogen-bond donors (Lipinski definition) is 1. The molecule has 166 valence electrons. The molecule has 5 heteroatoms. The van der Waals surface area contributed by atoms with Crippen molar-refractivity contribution in [2.24, 2.45) is 0 Å². The molecule has 1 fully saturated rings. The zero-order valence-electron chi connectivity index (χ0n) is 19.0. The van der Waals surface area contributed by atoms with Crippen LogP contribution in [0.3, 0.4) is 0 Å². The molecule has 0 atom stereocenters. The van der Waals surface area contributed by atoms with E-state index >= 15 is 0 Å². The number of carbonyl (C=O) groups excluding carboxylic acids is 1. The third kappa shape index (κ3) is 5.48. The summed E-state index contributed by atoms with van der Waals surface area (Å²) >= 11 is 0. The number of amides is 1. The normalized spacial score (nSPS) is 14.2. The van der Waals surface area contributed by atoms with Crippen LogP contribution in [-0.2, 0) is 11.3 Å². The highest BCUT2D eigenvalue weighted by Gasteiger charge is 2.26. The number of rotatable bonds is 7. The number of quaternary nitrogens is 1. The first-order valence-electron chi connectivity index (χ1n) is 11.3. The van der Waals surface area contributed by atoms with Gasteiger partial charge < -0.3 is 19.4 Å². The van der Waals surface area contributed by atoms with Gasteiger partial charge in [0.05, 0.1) is 39.8 Å². The van der Waals surface area contributed by atoms with Gasteiger partial charge in [0.2, 0.25) is 0 Å². The van der Waals surface area contributed by atoms with Crippen LogP contribution in [0.2, 0.25) is 0 Å². The Hall–Kier alpha value is -3.31. The van der Waals surface area contributed by atoms with Crippen LogP contribution in [0.5, 0.6) is 5.75 Å². The van der Waals surface area contributed by atoms with Gasteiger partial charge in [-0.1, -0.05) is 48.5 Å². The molecule has 1 saturated heterocycles. The van der Waals surface area contributed by atoms with E-state index in [4.69, 9.17) is 4.74 Å². The van der Waals surface area contributed by atoms with Crippen LogP contribution in [-0.4, -0.2) is 45.7 Å². The summed E-state index contributed by atoms with van der Waals surface area (Å²) < 4.78 is 5.36. The van der Waals surface area contributed by atoms with E-state index in [9.17, 15) is 4.79 Å². The van der Waals surface area contributed by atoms with Crippen LogP contribution in [0.25, 0.3) is 0 Å². The maximum absolute atomic E-state index is 13.4. The van der Waals surface area contributed by atoms with Crippen molar-refractivity contribution in [2.45, 2.75) is 13.5 Å². The van der Waals surface area contributed by atoms with Gasteiger partial charge in [0.1, 0.15) is 5.75 Å². The molecular formula is C27H32N3O2+. The Morgan fingerprint density at radius 2 is 1.72 bits per heavy atom. The Morgan fingerprint density at radius 3 is 2.44 bits per heavy atom. The van der Waals surface area contributed by atoms with E-state index in [2.05, 4.69) is 48.2 Å². The number of ether oxygens (including phenoxy) is 1. The Kier molecular flexibility index (Phi) is 7.07. The van der Waals surface area contributed by atoms with Crippen LogP contribution in [0, 0.1) is 6.92 Å². The summed E-state index contributed by atoms with van der Waals surface area (Å²) in [6.07, 6.45) is 0. The molecule has 0 saturated carbocycles. The molecule has 1 amide bonds. The number of nitrogens with one attached hydrogen (secondary N) is 1. The zero-order chi connectivity index (χ0) is 22.3. The first-order chi connectivity index (χ1) is 15.6. The number of benzene rings is 3. The first-order valence-corrected chi connectivity index (χ1v) is 11.3. The quantitative estimate of drug-likeness (QED) is 0.626. The lowest BCUT2D eigenvalue weighted by Crippen LogP contribution is -3.16. The van der Waals surface area contributed by atoms with Gasteiger partial charge in [-0.05, 0) is 42.3 Å². The fraction of sp³-hybridized carbons (Fsp3) is 0.296. The number of hydrogen-bond acceptors (Lipinski definition) is 3. The molecular weight excluding hydrogens is 398 g/mol. The van der Waals surface area contributed by atoms with E-state index in [1.54, 1.807) is 7.11 Å². The van der Waals surface area contributed by atoms with E-state index in [1.807, 2.05) is 47.4 Å². The van der Waals surface area contributed by atoms with E-state index < -0.39 is 0 Å². The molecule has 0 unspecified atom stereocenters. The molecule has 0 spiro atoms. The summed E-state index contributed by atoms with van der Waals surface area (Å²) in [5, 5.41) is 0. The maximum Gasteiger partial charge on any atom is 0.282 e. The van der Waals surface area contributed by atoms with Crippen LogP contribution in [0.4, 0.5) is 11.4 Å². The van der Waals surface area contributed by atoms with Crippen molar-refractivity contribution in [1.82, 2.24) is 0 Å². The Bertz CT molecular complexity index is 1030. The number of anilines is 2. The van der Waals surface area contributed by atoms with Gasteiger partial charge >= 0.3 is 0 Å². The van der Waals surface area contributed by atoms with E-state index in [0.29, 0.717) is 13.1 Å². The topological polar surface area (TPSA) is 37.2 Å². The smallest absolute Gasteiger partial charge is 0.282 e. The monoisotopic (exact) mass is 430 g/mol. The van der Waals surface area contributed by atoms with Gasteiger partial charge in [-0.15, -0.1) is 0 Å². The number of piperazine rings is 1. The van der Waals surface area contributed by atoms with Gasteiger partial charge in [-0.25, -0.2) is 0 Å². The molecule has 1 heterocycles. The van der Waals surface area contributed by atoms with Crippen molar-refractivity contribution < 1.29 is 14.4 Å². The fourth-order valence-electron chi connectivity index (χ4n) is 4.26. The summed E-state index contributed by atoms with van der Waals surface area (Å²) in [7, 11) is 1.70. The third-order valence-electron chi connectivity index (χ3n) is 6.09. The van der Waals surface area contributed by atoms with Crippen LogP contribution >= 0.6 is 0 Å². The molecule has 3 aromatic carbocycles. The number of methoxy groups -OCH3 is 1. The molecule has 0 aliphatic carbocycles. The Morgan fingerprint density at radius 1 is 0.969 bits per heavy atom. The van der Waals surface area contributed by atoms with Gasteiger partial charge in [-0.3, -0.25) is 4.79 Å². The predicted octanol–water partition coefficient (Wildman–Crippen LogP) is 2.94. The number of nitrogens with zero attached hydrogens (tertiary/aromatic N) is 2. The minimum absolute atomic E-state index is 0.171. The molecule has 1 aliphatic rings. The van der Waals surface area contributed by atoms with E-state index in [0.717, 1.165) is 48.7 Å². The molecule has 4 rings (SSSR count). The average molecular weight is 431 g/mol. The second kappa shape index (κ2) is 10.3. The highest BCUT2D eigenvalue weighted by atomic mass is 16.5. The molecule has 3 aromatic rings. The molecule has 1 aliphatic heterocycles. The lowest BCUT2D eigenvalue weighted by molar-refractivity contribution is -0.892. The Balaban J connectivity index is 1.42. The van der Waals surface area contributed by atoms with Gasteiger partial charge in [0.25, 0.3) is 5.91 Å². The maximum atomic E-state index is 13.4. The van der Waals surface area contributed by atoms with Gasteiger partial charge in [-0.2, -0.15) is 0 Å². The van der Waals surface area contributed by atoms with Gasteiger partial charge in [0, 0.05) is 17.4 Å². The number of carbonyl (C=O) groups is 1. The number of aryl methyl sites for hydroxylation is 1. The second-order valence-corrected chi connectivity index (χ2v) is 8.42. The summed E-state index contributed by atoms with van der Waals surface area (Å²) in [6.45, 7) is 6.90. The standard InChI is InChI=1S/C27H31N3O2/c1-22-8-6-12-25(18-22)30(20-23-9-4-3-5-10-23)27(31)21-28-14-16-29(17-15-28)24-11-7-13-26(19-24)32-2/h3-13,18-19H,14-17,20-21H2,1-2H3/p+1. The average Bonchev–Trinajstić information content (AvgIpc) is 2.83. The summed E-state index contributed by atoms with van der Waals surface area (Å²) in [6, 6.07) is 26.6. The minimum Gasteiger partial charge on any atom is -0.497 e. The summed E-state index contributed by atoms with van der Waals surface area (Å²) in [5.41, 5.74) is 4.45. The SMILES string of the molecule is COc1cccc(N2CC[NH+](CC(=O)N(Cc3ccccc3)c3cccc(C)c3)CC2)c1. The largest absolute Gasteiger partial charge is 0.497 e. The first kappa shape index (κ1) is 21.9. The predicted molar refractivity (Wildman–Crippen MR) is 130 cm³/mol. The van der Waals surface area contributed by atoms with Crippen molar-refractivity contribution in [3.05, 3.63) is 90.0 Å². The van der Waals surface area contributed by atoms with Crippen molar-refractivity contribution in [2.75, 3.05) is 49.6 Å². The minimum atomic E-state index is 0.171. The zero-order valence-corrected chi connectivity index (χ0v) is 19.0. The van der Waals surface area contributed by atoms with Gasteiger partial charge in [0.15, 0.2) is 6.54 Å². The molecule has 0 radical (unpaired) electrons. The highest BCUT2D eigenvalue weighted by molar-refractivity contribution is 5.94. The van der Waals surface area contributed by atoms with Crippen molar-refractivity contribution in [3.8, 4) is 5.75 Å². The van der Waals surface area contributed by atoms with Crippen molar-refractivity contribution in [1.29, 1.82) is 0 Å². The lowest BCUT2D eigenvalue weighted by Gasteiger charge is -2.34. The van der Waals surface area contributed by atoms with Crippen molar-refractivity contribution >= 4 is 17.3 Å². The molecule has 1 N–H and O–H groups in total. The molecule has 0 bridgehead atoms. The summed E-state index contributed by atoms with van der Waals surface area (Å²) in [4.78, 5) is 19.1. The van der Waals surface area contributed by atoms with Crippen LogP contribution in [0.1, 0.15) is 11.1 Å². The van der Waals surface area contributed by atoms with Crippen molar-refractivity contribution in [3.63, 3.8) is 0 Å². The molecule has 5 nitrogen and oxygen atoms in total. The highest BCUT2D eigenvalue weighted by Crippen LogP contribution is 2.21. The van der Waals surface area contributed by atoms with E-state index in [1.165, 1.54) is 10.6 Å². The van der Waals surface area contributed by atoms with E-state index in [-0.39, 0.29) is 5.91 Å². The fourth-order valence-corrected chi connectivity index (χ4v) is 4.26. The molecule has 32 heavy (non-hydrogen) atoms. The van der Waals surface area contributed by atoms with Crippen LogP contribution < -0.4 is 19.4 Å². The lowest BCUT2D eigenvalue weighted by atomic mass is 10.1. The molecule has 0 aromatic heterocycles. The third-order valence-corrected chi connectivity index (χ3v) is 6.09.